The molecule has 2 bridgehead atoms. The molecule has 0 aromatic carbocycles. The molecular weight excluding hydrogens is 526 g/mol. The van der Waals surface area contributed by atoms with Gasteiger partial charge in [-0.1, -0.05) is 0 Å². The van der Waals surface area contributed by atoms with Crippen LogP contribution in [0.4, 0.5) is 35.1 Å². The largest absolute Gasteiger partial charge is 0.460 e. The van der Waals surface area contributed by atoms with Crippen molar-refractivity contribution in [1.82, 2.24) is 4.72 Å². The fourth-order valence-electron chi connectivity index (χ4n) is 3.97. The first-order valence-electron chi connectivity index (χ1n) is 8.74. The summed E-state index contributed by atoms with van der Waals surface area (Å²) < 4.78 is 162. The monoisotopic (exact) mass is 541 g/mol. The van der Waals surface area contributed by atoms with Crippen molar-refractivity contribution < 1.29 is 70.8 Å². The van der Waals surface area contributed by atoms with Crippen LogP contribution >= 0.6 is 0 Å². The molecule has 192 valence electrons. The number of hydrogen-bond acceptors (Lipinski definition) is 7. The molecule has 0 aromatic heterocycles. The summed E-state index contributed by atoms with van der Waals surface area (Å²) >= 11 is 0. The van der Waals surface area contributed by atoms with Crippen LogP contribution in [0.25, 0.3) is 0 Å². The van der Waals surface area contributed by atoms with Crippen LogP contribution in [-0.2, 0) is 34.5 Å². The first-order valence-corrected chi connectivity index (χ1v) is 11.9. The highest BCUT2D eigenvalue weighted by Crippen LogP contribution is 2.56. The Bertz CT molecular complexity index is 1030. The van der Waals surface area contributed by atoms with E-state index in [-0.39, 0.29) is 31.6 Å². The van der Waals surface area contributed by atoms with E-state index < -0.39 is 72.8 Å². The summed E-state index contributed by atoms with van der Waals surface area (Å²) in [6.45, 7) is 0. The van der Waals surface area contributed by atoms with Gasteiger partial charge in [0, 0.05) is 5.41 Å². The Morgan fingerprint density at radius 3 is 2.09 bits per heavy atom. The maximum Gasteiger partial charge on any atom is 0.460 e. The zero-order valence-electron chi connectivity index (χ0n) is 15.9. The van der Waals surface area contributed by atoms with E-state index >= 15 is 0 Å². The number of halogens is 8. The smallest absolute Gasteiger partial charge is 0.459 e. The van der Waals surface area contributed by atoms with Gasteiger partial charge in [-0.05, 0) is 31.6 Å². The maximum absolute atomic E-state index is 13.4. The van der Waals surface area contributed by atoms with Crippen LogP contribution in [0.1, 0.15) is 25.7 Å². The first kappa shape index (κ1) is 27.5. The molecule has 19 heteroatoms. The van der Waals surface area contributed by atoms with E-state index in [1.165, 1.54) is 0 Å². The summed E-state index contributed by atoms with van der Waals surface area (Å²) in [6, 6.07) is 0. The number of amides is 1. The minimum absolute atomic E-state index is 0.127. The van der Waals surface area contributed by atoms with E-state index in [4.69, 9.17) is 4.55 Å². The predicted octanol–water partition coefficient (Wildman–Crippen LogP) is 1.55. The minimum Gasteiger partial charge on any atom is -0.459 e. The molecule has 4 atom stereocenters. The van der Waals surface area contributed by atoms with Crippen molar-refractivity contribution in [2.75, 3.05) is 5.75 Å². The fourth-order valence-corrected chi connectivity index (χ4v) is 5.96. The first-order chi connectivity index (χ1) is 14.6. The van der Waals surface area contributed by atoms with Crippen molar-refractivity contribution in [2.45, 2.75) is 55.3 Å². The van der Waals surface area contributed by atoms with Crippen LogP contribution in [0, 0.1) is 11.3 Å². The van der Waals surface area contributed by atoms with Crippen LogP contribution in [0.2, 0.25) is 0 Å². The topological polar surface area (TPSA) is 144 Å². The lowest BCUT2D eigenvalue weighted by atomic mass is 9.83. The summed E-state index contributed by atoms with van der Waals surface area (Å²) in [5.41, 5.74) is -5.26. The zero-order chi connectivity index (χ0) is 25.8. The third-order valence-corrected chi connectivity index (χ3v) is 7.61. The molecule has 0 radical (unpaired) electrons. The Kier molecular flexibility index (Phi) is 6.81. The summed E-state index contributed by atoms with van der Waals surface area (Å²) in [5.74, 6) is -20.8. The van der Waals surface area contributed by atoms with E-state index in [9.17, 15) is 61.5 Å². The molecule has 9 nitrogen and oxygen atoms in total. The molecule has 2 N–H and O–H groups in total. The van der Waals surface area contributed by atoms with Crippen molar-refractivity contribution in [3.8, 4) is 0 Å². The second-order valence-corrected chi connectivity index (χ2v) is 11.0. The Hall–Kier alpha value is -1.76. The number of hydrogen-bond donors (Lipinski definition) is 2. The van der Waals surface area contributed by atoms with Crippen molar-refractivity contribution in [2.24, 2.45) is 11.3 Å². The molecule has 0 aromatic rings. The fraction of sp³-hybridized carbons (Fsp3) is 0.857. The summed E-state index contributed by atoms with van der Waals surface area (Å²) in [5, 5.41) is 0. The molecule has 0 aliphatic heterocycles. The Balaban J connectivity index is 2.22. The van der Waals surface area contributed by atoms with Gasteiger partial charge >= 0.3 is 45.5 Å². The van der Waals surface area contributed by atoms with Crippen molar-refractivity contribution >= 4 is 32.0 Å². The molecule has 2 rings (SSSR count). The quantitative estimate of drug-likeness (QED) is 0.268. The third kappa shape index (κ3) is 5.18. The van der Waals surface area contributed by atoms with Gasteiger partial charge in [-0.25, -0.2) is 22.3 Å². The highest BCUT2D eigenvalue weighted by molar-refractivity contribution is 7.90. The number of esters is 1. The number of carbonyl (C=O) groups is 2. The van der Waals surface area contributed by atoms with Crippen molar-refractivity contribution in [3.63, 3.8) is 0 Å². The number of rotatable bonds is 8. The molecular formula is C14H15F8NO8S2. The van der Waals surface area contributed by atoms with Crippen LogP contribution in [0.3, 0.4) is 0 Å². The van der Waals surface area contributed by atoms with Gasteiger partial charge in [-0.3, -0.25) is 9.35 Å². The number of ether oxygens (including phenoxy) is 1. The molecule has 4 unspecified atom stereocenters. The van der Waals surface area contributed by atoms with Gasteiger partial charge in [0.25, 0.3) is 0 Å². The van der Waals surface area contributed by atoms with Gasteiger partial charge in [0.2, 0.25) is 10.0 Å². The van der Waals surface area contributed by atoms with E-state index in [2.05, 4.69) is 4.74 Å². The highest BCUT2D eigenvalue weighted by atomic mass is 32.2. The summed E-state index contributed by atoms with van der Waals surface area (Å²) in [4.78, 5) is 23.0. The minimum atomic E-state index is -6.91. The summed E-state index contributed by atoms with van der Waals surface area (Å²) in [7, 11) is -10.9. The standard InChI is InChI=1S/C14H15F8NO8S2/c15-8(33(28,29)30)9(24)31-7-3-6-1-2-11(7,4-6)5-32(26,27)23-10(25)12(16,17)13(18,19)14(20,21)22/h6-8H,1-5H2,(H,23,25)(H,28,29,30). The number of fused-ring (bicyclic) bond motifs is 2. The normalized spacial score (nSPS) is 27.3. The molecule has 0 spiro atoms. The van der Waals surface area contributed by atoms with Gasteiger partial charge in [-0.15, -0.1) is 0 Å². The lowest BCUT2D eigenvalue weighted by Crippen LogP contribution is -2.60. The molecule has 2 saturated carbocycles. The van der Waals surface area contributed by atoms with Crippen molar-refractivity contribution in [1.29, 1.82) is 0 Å². The Morgan fingerprint density at radius 1 is 1.09 bits per heavy atom. The molecule has 0 heterocycles. The van der Waals surface area contributed by atoms with Crippen LogP contribution in [0.5, 0.6) is 0 Å². The van der Waals surface area contributed by atoms with E-state index in [1.54, 1.807) is 0 Å². The molecule has 2 aliphatic rings. The Morgan fingerprint density at radius 2 is 1.64 bits per heavy atom. The molecule has 33 heavy (non-hydrogen) atoms. The van der Waals surface area contributed by atoms with E-state index in [1.807, 2.05) is 0 Å². The van der Waals surface area contributed by atoms with Gasteiger partial charge in [0.1, 0.15) is 6.10 Å². The van der Waals surface area contributed by atoms with E-state index in [0.29, 0.717) is 4.72 Å². The number of sulfonamides is 1. The maximum atomic E-state index is 13.4. The molecule has 2 fully saturated rings. The number of carbonyl (C=O) groups excluding carboxylic acids is 2. The second-order valence-electron chi connectivity index (χ2n) is 7.80. The highest BCUT2D eigenvalue weighted by Gasteiger charge is 2.76. The van der Waals surface area contributed by atoms with Crippen LogP contribution < -0.4 is 4.72 Å². The SMILES string of the molecule is O=C(OC1CC2CCC1(CS(=O)(=O)NC(=O)C(F)(F)C(F)(F)C(F)(F)F)C2)C(F)S(=O)(=O)O. The van der Waals surface area contributed by atoms with Crippen LogP contribution in [-0.4, -0.2) is 68.6 Å². The number of alkyl halides is 8. The average Bonchev–Trinajstić information content (AvgIpc) is 3.14. The summed E-state index contributed by atoms with van der Waals surface area (Å²) in [6.07, 6.45) is -8.61. The van der Waals surface area contributed by atoms with Crippen LogP contribution in [0.15, 0.2) is 0 Å². The van der Waals surface area contributed by atoms with Gasteiger partial charge in [0.05, 0.1) is 5.75 Å². The van der Waals surface area contributed by atoms with Gasteiger partial charge in [0.15, 0.2) is 0 Å². The zero-order valence-corrected chi connectivity index (χ0v) is 17.5. The van der Waals surface area contributed by atoms with E-state index in [0.717, 1.165) is 0 Å². The lowest BCUT2D eigenvalue weighted by molar-refractivity contribution is -0.343. The van der Waals surface area contributed by atoms with Crippen molar-refractivity contribution in [3.05, 3.63) is 0 Å². The molecule has 0 saturated heterocycles. The number of nitrogens with one attached hydrogen (secondary N) is 1. The predicted molar refractivity (Wildman–Crippen MR) is 88.6 cm³/mol. The molecule has 1 amide bonds. The molecule has 2 aliphatic carbocycles. The Labute approximate surface area is 180 Å². The third-order valence-electron chi connectivity index (χ3n) is 5.44. The average molecular weight is 541 g/mol. The second kappa shape index (κ2) is 8.17. The van der Waals surface area contributed by atoms with Gasteiger partial charge < -0.3 is 4.74 Å². The lowest BCUT2D eigenvalue weighted by Gasteiger charge is -2.34. The van der Waals surface area contributed by atoms with Gasteiger partial charge in [-0.2, -0.15) is 39.2 Å².